The predicted molar refractivity (Wildman–Crippen MR) is 59.1 cm³/mol. The van der Waals surface area contributed by atoms with Crippen LogP contribution in [0.1, 0.15) is 5.56 Å². The Bertz CT molecular complexity index is 328. The first-order valence-electron chi connectivity index (χ1n) is 4.46. The van der Waals surface area contributed by atoms with E-state index in [1.165, 1.54) is 0 Å². The molecule has 1 aromatic carbocycles. The summed E-state index contributed by atoms with van der Waals surface area (Å²) < 4.78 is 37.4. The standard InChI is InChI=1S/C10H9F3S2/c11-10(12,13)9(14-6-7-15-9)8-4-2-1-3-5-8/h1-5H,6-7H2. The second-order valence-electron chi connectivity index (χ2n) is 3.18. The van der Waals surface area contributed by atoms with E-state index in [9.17, 15) is 13.2 Å². The Hall–Kier alpha value is -0.290. The zero-order chi connectivity index (χ0) is 10.9. The fourth-order valence-corrected chi connectivity index (χ4v) is 4.57. The molecule has 0 saturated carbocycles. The minimum Gasteiger partial charge on any atom is -0.168 e. The van der Waals surface area contributed by atoms with Crippen molar-refractivity contribution in [2.24, 2.45) is 0 Å². The number of hydrogen-bond donors (Lipinski definition) is 0. The third-order valence-electron chi connectivity index (χ3n) is 2.22. The summed E-state index contributed by atoms with van der Waals surface area (Å²) in [6.07, 6.45) is -4.19. The van der Waals surface area contributed by atoms with Crippen molar-refractivity contribution in [1.29, 1.82) is 0 Å². The molecular weight excluding hydrogens is 241 g/mol. The van der Waals surface area contributed by atoms with Gasteiger partial charge in [-0.15, -0.1) is 23.5 Å². The van der Waals surface area contributed by atoms with Gasteiger partial charge in [0, 0.05) is 11.5 Å². The zero-order valence-electron chi connectivity index (χ0n) is 7.75. The van der Waals surface area contributed by atoms with E-state index in [0.717, 1.165) is 23.5 Å². The van der Waals surface area contributed by atoms with Gasteiger partial charge >= 0.3 is 6.18 Å². The Kier molecular flexibility index (Phi) is 2.94. The van der Waals surface area contributed by atoms with Crippen LogP contribution < -0.4 is 0 Å². The largest absolute Gasteiger partial charge is 0.416 e. The van der Waals surface area contributed by atoms with E-state index in [1.54, 1.807) is 30.3 Å². The van der Waals surface area contributed by atoms with Crippen LogP contribution >= 0.6 is 23.5 Å². The lowest BCUT2D eigenvalue weighted by atomic mass is 10.1. The Balaban J connectivity index is 2.44. The van der Waals surface area contributed by atoms with Crippen molar-refractivity contribution in [3.05, 3.63) is 35.9 Å². The lowest BCUT2D eigenvalue weighted by Gasteiger charge is -2.30. The van der Waals surface area contributed by atoms with Crippen molar-refractivity contribution in [2.75, 3.05) is 11.5 Å². The molecule has 0 aromatic heterocycles. The summed E-state index contributed by atoms with van der Waals surface area (Å²) in [6.45, 7) is 0. The average molecular weight is 250 g/mol. The normalized spacial score (nSPS) is 20.5. The number of rotatable bonds is 1. The van der Waals surface area contributed by atoms with Gasteiger partial charge in [0.15, 0.2) is 4.08 Å². The highest BCUT2D eigenvalue weighted by Crippen LogP contribution is 2.60. The van der Waals surface area contributed by atoms with Crippen LogP contribution in [0.4, 0.5) is 13.2 Å². The van der Waals surface area contributed by atoms with Crippen LogP contribution in [0.2, 0.25) is 0 Å². The summed E-state index contributed by atoms with van der Waals surface area (Å²) in [5, 5.41) is 0. The van der Waals surface area contributed by atoms with Crippen LogP contribution in [0.15, 0.2) is 30.3 Å². The predicted octanol–water partition coefficient (Wildman–Crippen LogP) is 3.88. The van der Waals surface area contributed by atoms with Crippen LogP contribution in [-0.2, 0) is 4.08 Å². The highest BCUT2D eigenvalue weighted by Gasteiger charge is 2.58. The molecule has 0 N–H and O–H groups in total. The SMILES string of the molecule is FC(F)(F)C1(c2ccccc2)SCCS1. The maximum Gasteiger partial charge on any atom is 0.416 e. The summed E-state index contributed by atoms with van der Waals surface area (Å²) in [5.41, 5.74) is 0.352. The molecule has 15 heavy (non-hydrogen) atoms. The first-order chi connectivity index (χ1) is 7.06. The van der Waals surface area contributed by atoms with Crippen molar-refractivity contribution >= 4 is 23.5 Å². The van der Waals surface area contributed by atoms with Crippen molar-refractivity contribution in [1.82, 2.24) is 0 Å². The van der Waals surface area contributed by atoms with Gasteiger partial charge in [-0.25, -0.2) is 0 Å². The zero-order valence-corrected chi connectivity index (χ0v) is 9.38. The molecule has 1 aliphatic heterocycles. The third-order valence-corrected chi connectivity index (χ3v) is 5.75. The molecule has 1 aliphatic rings. The number of benzene rings is 1. The molecule has 0 bridgehead atoms. The Morgan fingerprint density at radius 1 is 1.00 bits per heavy atom. The molecular formula is C10H9F3S2. The van der Waals surface area contributed by atoms with Gasteiger partial charge in [-0.1, -0.05) is 30.3 Å². The fraction of sp³-hybridized carbons (Fsp3) is 0.400. The van der Waals surface area contributed by atoms with E-state index in [4.69, 9.17) is 0 Å². The van der Waals surface area contributed by atoms with E-state index in [-0.39, 0.29) is 0 Å². The summed E-state index contributed by atoms with van der Waals surface area (Å²) in [5.74, 6) is 1.11. The Morgan fingerprint density at radius 3 is 2.00 bits per heavy atom. The minimum absolute atomic E-state index is 0.352. The van der Waals surface area contributed by atoms with Gasteiger partial charge in [-0.2, -0.15) is 13.2 Å². The van der Waals surface area contributed by atoms with Gasteiger partial charge in [0.1, 0.15) is 0 Å². The van der Waals surface area contributed by atoms with Gasteiger partial charge in [-0.3, -0.25) is 0 Å². The lowest BCUT2D eigenvalue weighted by Crippen LogP contribution is -2.34. The highest BCUT2D eigenvalue weighted by molar-refractivity contribution is 8.20. The molecule has 1 fully saturated rings. The van der Waals surface area contributed by atoms with Crippen molar-refractivity contribution in [2.45, 2.75) is 10.3 Å². The second-order valence-corrected chi connectivity index (χ2v) is 6.05. The Morgan fingerprint density at radius 2 is 1.53 bits per heavy atom. The number of halogens is 3. The molecule has 2 rings (SSSR count). The van der Waals surface area contributed by atoms with Crippen molar-refractivity contribution < 1.29 is 13.2 Å². The van der Waals surface area contributed by atoms with Crippen molar-refractivity contribution in [3.8, 4) is 0 Å². The number of thioether (sulfide) groups is 2. The maximum atomic E-state index is 13.1. The van der Waals surface area contributed by atoms with Crippen LogP contribution in [0, 0.1) is 0 Å². The van der Waals surface area contributed by atoms with E-state index in [1.807, 2.05) is 0 Å². The second kappa shape index (κ2) is 3.94. The summed E-state index contributed by atoms with van der Waals surface area (Å²) in [6, 6.07) is 8.15. The molecule has 1 aromatic rings. The summed E-state index contributed by atoms with van der Waals surface area (Å²) in [4.78, 5) is 0. The van der Waals surface area contributed by atoms with Crippen LogP contribution in [0.3, 0.4) is 0 Å². The van der Waals surface area contributed by atoms with E-state index >= 15 is 0 Å². The van der Waals surface area contributed by atoms with Gasteiger partial charge in [0.25, 0.3) is 0 Å². The van der Waals surface area contributed by atoms with Gasteiger partial charge < -0.3 is 0 Å². The van der Waals surface area contributed by atoms with Gasteiger partial charge in [0.05, 0.1) is 0 Å². The molecule has 0 atom stereocenters. The van der Waals surface area contributed by atoms with Gasteiger partial charge in [0.2, 0.25) is 0 Å². The first-order valence-corrected chi connectivity index (χ1v) is 6.43. The fourth-order valence-electron chi connectivity index (χ4n) is 1.56. The smallest absolute Gasteiger partial charge is 0.168 e. The van der Waals surface area contributed by atoms with Crippen LogP contribution in [0.25, 0.3) is 0 Å². The number of alkyl halides is 3. The van der Waals surface area contributed by atoms with Crippen molar-refractivity contribution in [3.63, 3.8) is 0 Å². The van der Waals surface area contributed by atoms with E-state index in [2.05, 4.69) is 0 Å². The number of hydrogen-bond acceptors (Lipinski definition) is 2. The molecule has 5 heteroatoms. The Labute approximate surface area is 94.6 Å². The molecule has 1 saturated heterocycles. The average Bonchev–Trinajstić information content (AvgIpc) is 2.68. The maximum absolute atomic E-state index is 13.1. The molecule has 0 spiro atoms. The molecule has 0 unspecified atom stereocenters. The first kappa shape index (κ1) is 11.2. The lowest BCUT2D eigenvalue weighted by molar-refractivity contribution is -0.138. The summed E-state index contributed by atoms with van der Waals surface area (Å²) in [7, 11) is 0. The van der Waals surface area contributed by atoms with Crippen LogP contribution in [0.5, 0.6) is 0 Å². The molecule has 82 valence electrons. The monoisotopic (exact) mass is 250 g/mol. The van der Waals surface area contributed by atoms with Gasteiger partial charge in [-0.05, 0) is 5.56 Å². The third kappa shape index (κ3) is 1.87. The molecule has 0 aliphatic carbocycles. The van der Waals surface area contributed by atoms with Crippen LogP contribution in [-0.4, -0.2) is 17.7 Å². The molecule has 0 nitrogen and oxygen atoms in total. The summed E-state index contributed by atoms with van der Waals surface area (Å²) >= 11 is 1.98. The molecule has 0 radical (unpaired) electrons. The molecule has 1 heterocycles. The van der Waals surface area contributed by atoms with E-state index in [0.29, 0.717) is 17.1 Å². The molecule has 0 amide bonds. The quantitative estimate of drug-likeness (QED) is 0.741. The van der Waals surface area contributed by atoms with E-state index < -0.39 is 10.3 Å². The highest BCUT2D eigenvalue weighted by atomic mass is 32.2. The topological polar surface area (TPSA) is 0 Å². The minimum atomic E-state index is -4.19.